The molecule has 0 aliphatic rings. The molecule has 0 aromatic heterocycles. The Balaban J connectivity index is 1.53. The van der Waals surface area contributed by atoms with Crippen LogP contribution in [0.2, 0.25) is 0 Å². The van der Waals surface area contributed by atoms with Crippen LogP contribution in [0, 0.1) is 5.92 Å². The maximum atomic E-state index is 12.7. The lowest BCUT2D eigenvalue weighted by atomic mass is 10.0. The van der Waals surface area contributed by atoms with Crippen molar-refractivity contribution in [3.8, 4) is 5.75 Å². The third kappa shape index (κ3) is 7.72. The van der Waals surface area contributed by atoms with Crippen LogP contribution < -0.4 is 15.4 Å². The first-order valence-electron chi connectivity index (χ1n) is 11.1. The molecule has 3 aromatic rings. The molecule has 0 radical (unpaired) electrons. The lowest BCUT2D eigenvalue weighted by Gasteiger charge is -2.21. The van der Waals surface area contributed by atoms with E-state index in [1.165, 1.54) is 12.1 Å². The predicted molar refractivity (Wildman–Crippen MR) is 127 cm³/mol. The van der Waals surface area contributed by atoms with E-state index in [2.05, 4.69) is 15.4 Å². The number of fused-ring (bicyclic) bond motifs is 1. The zero-order valence-corrected chi connectivity index (χ0v) is 19.6. The molecule has 2 amide bonds. The molecule has 0 aliphatic carbocycles. The Morgan fingerprint density at radius 1 is 0.889 bits per heavy atom. The molecule has 190 valence electrons. The number of hydrogen-bond acceptors (Lipinski definition) is 5. The van der Waals surface area contributed by atoms with Gasteiger partial charge < -0.3 is 20.1 Å². The molecule has 0 spiro atoms. The number of anilines is 1. The van der Waals surface area contributed by atoms with Crippen molar-refractivity contribution in [3.63, 3.8) is 0 Å². The molecule has 36 heavy (non-hydrogen) atoms. The lowest BCUT2D eigenvalue weighted by Crippen LogP contribution is -2.46. The average molecular weight is 502 g/mol. The minimum atomic E-state index is -4.82. The van der Waals surface area contributed by atoms with Crippen LogP contribution in [0.3, 0.4) is 0 Å². The van der Waals surface area contributed by atoms with Crippen molar-refractivity contribution in [2.24, 2.45) is 5.92 Å². The average Bonchev–Trinajstić information content (AvgIpc) is 2.81. The monoisotopic (exact) mass is 502 g/mol. The largest absolute Gasteiger partial charge is 0.573 e. The lowest BCUT2D eigenvalue weighted by molar-refractivity contribution is -0.274. The summed E-state index contributed by atoms with van der Waals surface area (Å²) in [6.45, 7) is 2.82. The molecule has 7 nitrogen and oxygen atoms in total. The van der Waals surface area contributed by atoms with E-state index in [0.717, 1.165) is 28.5 Å². The zero-order chi connectivity index (χ0) is 26.3. The number of hydrogen-bond donors (Lipinski definition) is 2. The van der Waals surface area contributed by atoms with Crippen LogP contribution in [0.1, 0.15) is 19.4 Å². The number of benzene rings is 3. The Kier molecular flexibility index (Phi) is 8.52. The highest BCUT2D eigenvalue weighted by atomic mass is 19.4. The number of alkyl halides is 3. The molecule has 0 bridgehead atoms. The zero-order valence-electron chi connectivity index (χ0n) is 19.6. The highest BCUT2D eigenvalue weighted by Gasteiger charge is 2.31. The summed E-state index contributed by atoms with van der Waals surface area (Å²) in [5.41, 5.74) is 1.00. The second-order valence-corrected chi connectivity index (χ2v) is 8.33. The summed E-state index contributed by atoms with van der Waals surface area (Å²) in [5.74, 6) is -2.59. The fourth-order valence-corrected chi connectivity index (χ4v) is 3.51. The quantitative estimate of drug-likeness (QED) is 0.417. The molecule has 1 unspecified atom stereocenters. The molecule has 2 N–H and O–H groups in total. The van der Waals surface area contributed by atoms with Crippen LogP contribution >= 0.6 is 0 Å². The Morgan fingerprint density at radius 2 is 1.56 bits per heavy atom. The number of rotatable bonds is 9. The van der Waals surface area contributed by atoms with Crippen LogP contribution in [0.4, 0.5) is 18.9 Å². The second-order valence-electron chi connectivity index (χ2n) is 8.33. The summed E-state index contributed by atoms with van der Waals surface area (Å²) in [6, 6.07) is 16.8. The Morgan fingerprint density at radius 3 is 2.22 bits per heavy atom. The van der Waals surface area contributed by atoms with Gasteiger partial charge in [0, 0.05) is 5.69 Å². The number of ether oxygens (including phenoxy) is 2. The molecule has 1 atom stereocenters. The minimum absolute atomic E-state index is 0.0619. The van der Waals surface area contributed by atoms with E-state index in [0.29, 0.717) is 0 Å². The maximum Gasteiger partial charge on any atom is 0.573 e. The minimum Gasteiger partial charge on any atom is -0.454 e. The Labute approximate surface area is 205 Å². The standard InChI is InChI=1S/C26H25F3N2O5/c1-16(2)24(31-22(32)14-18-8-5-7-17-6-3-4-9-21(17)18)25(34)35-15-23(33)30-19-10-12-20(13-11-19)36-26(27,28)29/h3-13,16,24H,14-15H2,1-2H3,(H,30,33)(H,31,32). The van der Waals surface area contributed by atoms with Gasteiger partial charge in [-0.2, -0.15) is 0 Å². The molecular weight excluding hydrogens is 477 g/mol. The van der Waals surface area contributed by atoms with Gasteiger partial charge in [0.2, 0.25) is 5.91 Å². The van der Waals surface area contributed by atoms with Gasteiger partial charge in [-0.15, -0.1) is 13.2 Å². The van der Waals surface area contributed by atoms with Crippen molar-refractivity contribution in [2.75, 3.05) is 11.9 Å². The van der Waals surface area contributed by atoms with E-state index < -0.39 is 36.6 Å². The third-order valence-electron chi connectivity index (χ3n) is 5.19. The first-order chi connectivity index (χ1) is 17.0. The summed E-state index contributed by atoms with van der Waals surface area (Å²) in [6.07, 6.45) is -4.76. The first-order valence-corrected chi connectivity index (χ1v) is 11.1. The number of nitrogens with one attached hydrogen (secondary N) is 2. The van der Waals surface area contributed by atoms with Gasteiger partial charge in [0.1, 0.15) is 11.8 Å². The number of amides is 2. The molecule has 3 aromatic carbocycles. The van der Waals surface area contributed by atoms with Gasteiger partial charge in [0.15, 0.2) is 6.61 Å². The smallest absolute Gasteiger partial charge is 0.454 e. The molecule has 10 heteroatoms. The molecule has 0 heterocycles. The molecule has 3 rings (SSSR count). The molecule has 0 aliphatic heterocycles. The second kappa shape index (κ2) is 11.6. The van der Waals surface area contributed by atoms with E-state index in [-0.39, 0.29) is 23.9 Å². The Hall–Kier alpha value is -4.08. The van der Waals surface area contributed by atoms with Gasteiger partial charge in [-0.3, -0.25) is 9.59 Å². The molecule has 0 fully saturated rings. The summed E-state index contributed by atoms with van der Waals surface area (Å²) < 4.78 is 45.5. The maximum absolute atomic E-state index is 12.7. The highest BCUT2D eigenvalue weighted by Crippen LogP contribution is 2.24. The summed E-state index contributed by atoms with van der Waals surface area (Å²) in [4.78, 5) is 37.4. The van der Waals surface area contributed by atoms with Crippen LogP contribution in [-0.2, 0) is 25.5 Å². The van der Waals surface area contributed by atoms with Crippen molar-refractivity contribution in [3.05, 3.63) is 72.3 Å². The predicted octanol–water partition coefficient (Wildman–Crippen LogP) is 4.60. The molecule has 0 saturated carbocycles. The van der Waals surface area contributed by atoms with Crippen molar-refractivity contribution < 1.29 is 37.0 Å². The Bertz CT molecular complexity index is 1220. The van der Waals surface area contributed by atoms with Crippen molar-refractivity contribution >= 4 is 34.2 Å². The molecule has 0 saturated heterocycles. The van der Waals surface area contributed by atoms with Gasteiger partial charge in [0.25, 0.3) is 5.91 Å². The van der Waals surface area contributed by atoms with Crippen molar-refractivity contribution in [1.29, 1.82) is 0 Å². The highest BCUT2D eigenvalue weighted by molar-refractivity contribution is 5.94. The normalized spacial score (nSPS) is 12.2. The first kappa shape index (κ1) is 26.5. The van der Waals surface area contributed by atoms with Gasteiger partial charge in [-0.05, 0) is 46.5 Å². The summed E-state index contributed by atoms with van der Waals surface area (Å²) in [7, 11) is 0. The molecular formula is C26H25F3N2O5. The van der Waals surface area contributed by atoms with Crippen molar-refractivity contribution in [1.82, 2.24) is 5.32 Å². The van der Waals surface area contributed by atoms with Crippen molar-refractivity contribution in [2.45, 2.75) is 32.7 Å². The van der Waals surface area contributed by atoms with Crippen LogP contribution in [0.15, 0.2) is 66.7 Å². The fraction of sp³-hybridized carbons (Fsp3) is 0.269. The summed E-state index contributed by atoms with van der Waals surface area (Å²) >= 11 is 0. The van der Waals surface area contributed by atoms with E-state index in [4.69, 9.17) is 4.74 Å². The topological polar surface area (TPSA) is 93.7 Å². The fourth-order valence-electron chi connectivity index (χ4n) is 3.51. The number of esters is 1. The van der Waals surface area contributed by atoms with E-state index >= 15 is 0 Å². The number of halogens is 3. The van der Waals surface area contributed by atoms with Crippen LogP contribution in [0.5, 0.6) is 5.75 Å². The third-order valence-corrected chi connectivity index (χ3v) is 5.19. The number of carbonyl (C=O) groups is 3. The van der Waals surface area contributed by atoms with E-state index in [1.54, 1.807) is 13.8 Å². The van der Waals surface area contributed by atoms with E-state index in [9.17, 15) is 27.6 Å². The van der Waals surface area contributed by atoms with Gasteiger partial charge in [-0.25, -0.2) is 4.79 Å². The van der Waals surface area contributed by atoms with Crippen LogP contribution in [-0.4, -0.2) is 36.8 Å². The summed E-state index contributed by atoms with van der Waals surface area (Å²) in [5, 5.41) is 7.02. The van der Waals surface area contributed by atoms with Crippen LogP contribution in [0.25, 0.3) is 10.8 Å². The SMILES string of the molecule is CC(C)C(NC(=O)Cc1cccc2ccccc12)C(=O)OCC(=O)Nc1ccc(OC(F)(F)F)cc1. The number of carbonyl (C=O) groups excluding carboxylic acids is 3. The van der Waals surface area contributed by atoms with E-state index in [1.807, 2.05) is 42.5 Å². The van der Waals surface area contributed by atoms with Gasteiger partial charge >= 0.3 is 12.3 Å². The van der Waals surface area contributed by atoms with Gasteiger partial charge in [-0.1, -0.05) is 56.3 Å². The van der Waals surface area contributed by atoms with Gasteiger partial charge in [0.05, 0.1) is 6.42 Å².